The maximum atomic E-state index is 9.75. The summed E-state index contributed by atoms with van der Waals surface area (Å²) >= 11 is 0. The van der Waals surface area contributed by atoms with E-state index in [-0.39, 0.29) is 55.7 Å². The van der Waals surface area contributed by atoms with E-state index in [1.54, 1.807) is 0 Å². The molecule has 0 aliphatic carbocycles. The van der Waals surface area contributed by atoms with Gasteiger partial charge in [0.1, 0.15) is 0 Å². The van der Waals surface area contributed by atoms with Crippen LogP contribution in [0.4, 0.5) is 51.8 Å². The van der Waals surface area contributed by atoms with Gasteiger partial charge in [0.2, 0.25) is 0 Å². The zero-order valence-corrected chi connectivity index (χ0v) is 11.7. The van der Waals surface area contributed by atoms with E-state index < -0.39 is 21.8 Å². The van der Waals surface area contributed by atoms with Crippen molar-refractivity contribution in [1.29, 1.82) is 0 Å². The Hall–Kier alpha value is 0.731. The van der Waals surface area contributed by atoms with Crippen molar-refractivity contribution in [2.75, 3.05) is 0 Å². The van der Waals surface area contributed by atoms with Crippen LogP contribution in [0.5, 0.6) is 0 Å². The van der Waals surface area contributed by atoms with Crippen molar-refractivity contribution < 1.29 is 107 Å². The van der Waals surface area contributed by atoms with E-state index in [4.69, 9.17) is 0 Å². The van der Waals surface area contributed by atoms with Crippen LogP contribution in [0.25, 0.3) is 0 Å². The van der Waals surface area contributed by atoms with E-state index >= 15 is 0 Å². The van der Waals surface area contributed by atoms with Gasteiger partial charge in [-0.2, -0.15) is 0 Å². The molecule has 0 aromatic rings. The molecule has 0 spiro atoms. The van der Waals surface area contributed by atoms with E-state index in [1.165, 1.54) is 0 Å². The van der Waals surface area contributed by atoms with E-state index in [2.05, 4.69) is 13.2 Å². The molecule has 0 aromatic heterocycles. The molecule has 0 amide bonds. The first-order chi connectivity index (χ1) is 7.00. The fourth-order valence-corrected chi connectivity index (χ4v) is 0. The fourth-order valence-electron chi connectivity index (χ4n) is 0. The predicted octanol–water partition coefficient (Wildman–Crippen LogP) is 1.85. The largest absolute Gasteiger partial charge is 1.00 e. The van der Waals surface area contributed by atoms with Crippen LogP contribution in [0.3, 0.4) is 0 Å². The van der Waals surface area contributed by atoms with Gasteiger partial charge in [-0.05, 0) is 0 Å². The van der Waals surface area contributed by atoms with Gasteiger partial charge in [0.05, 0.1) is 0 Å². The van der Waals surface area contributed by atoms with Crippen LogP contribution in [-0.4, -0.2) is 21.8 Å². The molecule has 0 nitrogen and oxygen atoms in total. The average Bonchev–Trinajstić information content (AvgIpc) is 1.77. The molecule has 18 heavy (non-hydrogen) atoms. The molecule has 108 valence electrons. The van der Waals surface area contributed by atoms with E-state index in [1.807, 2.05) is 0 Å². The van der Waals surface area contributed by atoms with Crippen molar-refractivity contribution in [1.82, 2.24) is 0 Å². The summed E-state index contributed by atoms with van der Waals surface area (Å²) in [5, 5.41) is 0. The first kappa shape index (κ1) is 31.2. The van der Waals surface area contributed by atoms with Gasteiger partial charge in [0, 0.05) is 0 Å². The van der Waals surface area contributed by atoms with E-state index in [0.717, 1.165) is 0 Å². The molecule has 0 radical (unpaired) electrons. The van der Waals surface area contributed by atoms with E-state index in [0.29, 0.717) is 0 Å². The smallest absolute Gasteiger partial charge is 0.521 e. The molecule has 0 saturated heterocycles. The van der Waals surface area contributed by atoms with Crippen molar-refractivity contribution in [3.8, 4) is 0 Å². The molecule has 0 aromatic carbocycles. The minimum absolute atomic E-state index is 0. The second kappa shape index (κ2) is 14.1. The molecule has 0 saturated carbocycles. The molecule has 0 heterocycles. The van der Waals surface area contributed by atoms with Gasteiger partial charge >= 0.3 is 77.4 Å². The summed E-state index contributed by atoms with van der Waals surface area (Å²) in [6.45, 7) is 7.00. The molecule has 0 rings (SSSR count). The number of hydrogen-bond donors (Lipinski definition) is 0. The van der Waals surface area contributed by atoms with Crippen LogP contribution in [0.15, 0.2) is 6.58 Å². The predicted molar refractivity (Wildman–Crippen MR) is 43.8 cm³/mol. The minimum atomic E-state index is -6.00. The summed E-state index contributed by atoms with van der Waals surface area (Å²) < 4.78 is 117. The molecule has 0 fully saturated rings. The molecule has 0 atom stereocenters. The molecular weight excluding hydrogens is 324 g/mol. The number of hydrogen-bond acceptors (Lipinski definition) is 0. The Labute approximate surface area is 141 Å². The number of halogens is 12. The fraction of sp³-hybridized carbons (Fsp3) is 0. The van der Waals surface area contributed by atoms with Crippen LogP contribution in [0.2, 0.25) is 0 Å². The molecule has 0 aliphatic heterocycles. The van der Waals surface area contributed by atoms with Crippen molar-refractivity contribution in [2.45, 2.75) is 0 Å². The third kappa shape index (κ3) is 7740. The molecule has 0 N–H and O–H groups in total. The van der Waals surface area contributed by atoms with Crippen LogP contribution in [0.1, 0.15) is 4.28 Å². The van der Waals surface area contributed by atoms with Gasteiger partial charge in [-0.25, -0.2) is 0 Å². The first-order valence-electron chi connectivity index (χ1n) is 3.03. The second-order valence-corrected chi connectivity index (χ2v) is 1.48. The molecule has 0 unspecified atom stereocenters. The minimum Gasteiger partial charge on any atom is -0.521 e. The quantitative estimate of drug-likeness (QED) is 0.361. The monoisotopic (exact) mass is 330 g/mol. The summed E-state index contributed by atoms with van der Waals surface area (Å²) in [5.74, 6) is 0. The third-order valence-corrected chi connectivity index (χ3v) is 0. The normalized spacial score (nSPS) is 10.2. The topological polar surface area (TPSA) is 0 Å². The Morgan fingerprint density at radius 3 is 0.500 bits per heavy atom. The average molecular weight is 330 g/mol. The summed E-state index contributed by atoms with van der Waals surface area (Å²) in [7, 11) is -18.0. The van der Waals surface area contributed by atoms with E-state index in [9.17, 15) is 51.8 Å². The van der Waals surface area contributed by atoms with Gasteiger partial charge in [-0.15, -0.1) is 0 Å². The second-order valence-electron chi connectivity index (χ2n) is 1.48. The SMILES string of the molecule is F[B-](F)(F)F.F[B-](F)(F)F.F[B-](F)(F)F.[CH-]=C.[H+].[H+].[H+].[K+]. The van der Waals surface area contributed by atoms with Gasteiger partial charge in [0.25, 0.3) is 0 Å². The Kier molecular flexibility index (Phi) is 24.5. The van der Waals surface area contributed by atoms with Gasteiger partial charge in [-0.3, -0.25) is 6.58 Å². The van der Waals surface area contributed by atoms with Crippen molar-refractivity contribution >= 4 is 21.8 Å². The Morgan fingerprint density at radius 2 is 0.500 bits per heavy atom. The maximum absolute atomic E-state index is 9.75. The summed E-state index contributed by atoms with van der Waals surface area (Å²) in [5.41, 5.74) is 0. The first-order valence-corrected chi connectivity index (χ1v) is 3.03. The van der Waals surface area contributed by atoms with Crippen molar-refractivity contribution in [3.63, 3.8) is 0 Å². The molecule has 16 heteroatoms. The zero-order chi connectivity index (χ0) is 15.5. The van der Waals surface area contributed by atoms with Gasteiger partial charge in [-0.1, -0.05) is 0 Å². The number of rotatable bonds is 0. The Bertz CT molecular complexity index is 124. The van der Waals surface area contributed by atoms with Crippen LogP contribution in [-0.2, 0) is 0 Å². The van der Waals surface area contributed by atoms with Crippen LogP contribution in [0, 0.1) is 6.58 Å². The summed E-state index contributed by atoms with van der Waals surface area (Å²) in [6.07, 6.45) is 0. The molecule has 0 aliphatic rings. The summed E-state index contributed by atoms with van der Waals surface area (Å²) in [6, 6.07) is 0. The summed E-state index contributed by atoms with van der Waals surface area (Å²) in [4.78, 5) is 0. The molecule has 0 bridgehead atoms. The maximum Gasteiger partial charge on any atom is 1.00 e. The van der Waals surface area contributed by atoms with Gasteiger partial charge < -0.3 is 58.4 Å². The van der Waals surface area contributed by atoms with Crippen LogP contribution >= 0.6 is 0 Å². The Balaban J connectivity index is -0.0000000174. The standard InChI is InChI=1S/C2H3.3BF4.K/c1-2;3*2-1(3,4)5;/h1H,2H2;;;;/q4*-1;+1/p+3. The van der Waals surface area contributed by atoms with Crippen molar-refractivity contribution in [2.24, 2.45) is 0 Å². The van der Waals surface area contributed by atoms with Crippen LogP contribution < -0.4 is 51.4 Å². The third-order valence-electron chi connectivity index (χ3n) is 0. The van der Waals surface area contributed by atoms with Crippen molar-refractivity contribution in [3.05, 3.63) is 13.2 Å². The zero-order valence-electron chi connectivity index (χ0n) is 11.6. The van der Waals surface area contributed by atoms with Gasteiger partial charge in [0.15, 0.2) is 0 Å². The molecular formula is C2H6B3F12K. The Morgan fingerprint density at radius 1 is 0.500 bits per heavy atom.